The first-order valence-electron chi connectivity index (χ1n) is 9.70. The zero-order chi connectivity index (χ0) is 22.1. The number of rotatable bonds is 5. The average molecular weight is 435 g/mol. The Bertz CT molecular complexity index is 1260. The summed E-state index contributed by atoms with van der Waals surface area (Å²) in [5.74, 6) is 0.720. The molecule has 2 N–H and O–H groups in total. The van der Waals surface area contributed by atoms with E-state index in [0.29, 0.717) is 28.3 Å². The lowest BCUT2D eigenvalue weighted by Gasteiger charge is -2.28. The van der Waals surface area contributed by atoms with Crippen molar-refractivity contribution in [2.24, 2.45) is 4.99 Å². The predicted molar refractivity (Wildman–Crippen MR) is 123 cm³/mol. The van der Waals surface area contributed by atoms with Crippen LogP contribution in [0, 0.1) is 0 Å². The fraction of sp³-hybridized carbons (Fsp3) is 0.125. The molecular formula is C24H22N2O4S. The van der Waals surface area contributed by atoms with Crippen LogP contribution in [-0.4, -0.2) is 25.3 Å². The number of hydrogen-bond acceptors (Lipinski definition) is 5. The third kappa shape index (κ3) is 4.62. The van der Waals surface area contributed by atoms with Gasteiger partial charge in [0.1, 0.15) is 17.1 Å². The van der Waals surface area contributed by atoms with Gasteiger partial charge < -0.3 is 9.84 Å². The molecule has 0 bridgehead atoms. The molecule has 3 aromatic rings. The van der Waals surface area contributed by atoms with Gasteiger partial charge in [-0.15, -0.1) is 0 Å². The van der Waals surface area contributed by atoms with Crippen LogP contribution in [0.2, 0.25) is 0 Å². The largest absolute Gasteiger partial charge is 0.506 e. The average Bonchev–Trinajstić information content (AvgIpc) is 2.74. The molecule has 3 aromatic carbocycles. The van der Waals surface area contributed by atoms with E-state index in [1.165, 1.54) is 12.1 Å². The second kappa shape index (κ2) is 7.92. The van der Waals surface area contributed by atoms with Crippen LogP contribution < -0.4 is 9.46 Å². The number of aliphatic imine (C=N–C) groups is 1. The number of sulfonamides is 1. The van der Waals surface area contributed by atoms with Gasteiger partial charge in [-0.2, -0.15) is 0 Å². The molecule has 1 heterocycles. The monoisotopic (exact) mass is 434 g/mol. The van der Waals surface area contributed by atoms with E-state index in [4.69, 9.17) is 4.74 Å². The summed E-state index contributed by atoms with van der Waals surface area (Å²) >= 11 is 0. The van der Waals surface area contributed by atoms with E-state index in [9.17, 15) is 13.5 Å². The van der Waals surface area contributed by atoms with Crippen molar-refractivity contribution in [3.8, 4) is 11.5 Å². The number of anilines is 1. The molecule has 6 nitrogen and oxygen atoms in total. The summed E-state index contributed by atoms with van der Waals surface area (Å²) in [5, 5.41) is 10.6. The van der Waals surface area contributed by atoms with Gasteiger partial charge in [-0.25, -0.2) is 8.42 Å². The van der Waals surface area contributed by atoms with E-state index in [2.05, 4.69) is 9.71 Å². The minimum absolute atomic E-state index is 0.0974. The molecule has 0 saturated heterocycles. The van der Waals surface area contributed by atoms with E-state index in [1.54, 1.807) is 54.7 Å². The van der Waals surface area contributed by atoms with Gasteiger partial charge in [-0.1, -0.05) is 18.2 Å². The van der Waals surface area contributed by atoms with Gasteiger partial charge >= 0.3 is 0 Å². The summed E-state index contributed by atoms with van der Waals surface area (Å²) in [4.78, 5) is 4.58. The Kier molecular flexibility index (Phi) is 5.29. The summed E-state index contributed by atoms with van der Waals surface area (Å²) in [6, 6.07) is 18.4. The fourth-order valence-corrected chi connectivity index (χ4v) is 4.22. The number of benzene rings is 3. The van der Waals surface area contributed by atoms with Gasteiger partial charge in [-0.3, -0.25) is 9.71 Å². The van der Waals surface area contributed by atoms with E-state index < -0.39 is 15.6 Å². The number of ether oxygens (including phenoxy) is 1. The molecule has 0 saturated carbocycles. The maximum absolute atomic E-state index is 12.4. The SMILES string of the molecule is CC1(C)C=Cc2c(ccc(/C=N/c3ccc(NS(=O)(=O)c4ccccc4)cc3)c2O)O1. The molecule has 0 aromatic heterocycles. The van der Waals surface area contributed by atoms with Crippen LogP contribution in [-0.2, 0) is 10.0 Å². The first-order chi connectivity index (χ1) is 14.7. The smallest absolute Gasteiger partial charge is 0.261 e. The van der Waals surface area contributed by atoms with E-state index in [1.807, 2.05) is 32.1 Å². The molecule has 1 aliphatic rings. The molecule has 4 rings (SSSR count). The minimum atomic E-state index is -3.64. The molecule has 0 amide bonds. The molecule has 0 unspecified atom stereocenters. The van der Waals surface area contributed by atoms with Crippen molar-refractivity contribution < 1.29 is 18.3 Å². The highest BCUT2D eigenvalue weighted by Crippen LogP contribution is 2.38. The Morgan fingerprint density at radius 1 is 1.00 bits per heavy atom. The fourth-order valence-electron chi connectivity index (χ4n) is 3.14. The molecule has 7 heteroatoms. The van der Waals surface area contributed by atoms with Gasteiger partial charge in [0.15, 0.2) is 0 Å². The topological polar surface area (TPSA) is 88.0 Å². The highest BCUT2D eigenvalue weighted by atomic mass is 32.2. The van der Waals surface area contributed by atoms with E-state index in [0.717, 1.165) is 0 Å². The maximum atomic E-state index is 12.4. The lowest BCUT2D eigenvalue weighted by atomic mass is 10.00. The zero-order valence-corrected chi connectivity index (χ0v) is 17.9. The zero-order valence-electron chi connectivity index (χ0n) is 17.1. The van der Waals surface area contributed by atoms with Crippen LogP contribution in [0.15, 0.2) is 82.7 Å². The molecule has 0 atom stereocenters. The second-order valence-electron chi connectivity index (χ2n) is 7.68. The number of hydrogen-bond donors (Lipinski definition) is 2. The van der Waals surface area contributed by atoms with Crippen LogP contribution in [0.1, 0.15) is 25.0 Å². The van der Waals surface area contributed by atoms with Gasteiger partial charge in [-0.05, 0) is 74.5 Å². The third-order valence-electron chi connectivity index (χ3n) is 4.76. The number of phenolic OH excluding ortho intramolecular Hbond substituents is 1. The Labute approximate surface area is 181 Å². The van der Waals surface area contributed by atoms with Gasteiger partial charge in [0.25, 0.3) is 10.0 Å². The highest BCUT2D eigenvalue weighted by Gasteiger charge is 2.24. The van der Waals surface area contributed by atoms with Crippen molar-refractivity contribution in [2.45, 2.75) is 24.3 Å². The van der Waals surface area contributed by atoms with Crippen LogP contribution >= 0.6 is 0 Å². The Balaban J connectivity index is 1.50. The molecule has 0 spiro atoms. The standard InChI is InChI=1S/C24H22N2O4S/c1-24(2)15-14-21-22(30-24)13-8-17(23(21)27)16-25-18-9-11-19(12-10-18)26-31(28,29)20-6-4-3-5-7-20/h3-16,26-27H,1-2H3/b25-16+. The molecule has 1 aliphatic heterocycles. The third-order valence-corrected chi connectivity index (χ3v) is 6.16. The van der Waals surface area contributed by atoms with Crippen molar-refractivity contribution in [3.05, 3.63) is 83.9 Å². The van der Waals surface area contributed by atoms with Crippen molar-refractivity contribution >= 4 is 33.7 Å². The second-order valence-corrected chi connectivity index (χ2v) is 9.36. The normalized spacial score (nSPS) is 14.8. The van der Waals surface area contributed by atoms with Crippen LogP contribution in [0.25, 0.3) is 6.08 Å². The lowest BCUT2D eigenvalue weighted by molar-refractivity contribution is 0.158. The summed E-state index contributed by atoms with van der Waals surface area (Å²) in [6.45, 7) is 3.89. The molecule has 31 heavy (non-hydrogen) atoms. The molecule has 0 fully saturated rings. The first-order valence-corrected chi connectivity index (χ1v) is 11.2. The van der Waals surface area contributed by atoms with Crippen molar-refractivity contribution in [2.75, 3.05) is 4.72 Å². The molecular weight excluding hydrogens is 412 g/mol. The Morgan fingerprint density at radius 3 is 2.42 bits per heavy atom. The summed E-state index contributed by atoms with van der Waals surface area (Å²) in [6.07, 6.45) is 5.30. The summed E-state index contributed by atoms with van der Waals surface area (Å²) < 4.78 is 33.2. The molecule has 0 radical (unpaired) electrons. The predicted octanol–water partition coefficient (Wildman–Crippen LogP) is 5.13. The van der Waals surface area contributed by atoms with Crippen molar-refractivity contribution in [1.29, 1.82) is 0 Å². The van der Waals surface area contributed by atoms with Crippen molar-refractivity contribution in [3.63, 3.8) is 0 Å². The Hall–Kier alpha value is -3.58. The highest BCUT2D eigenvalue weighted by molar-refractivity contribution is 7.92. The number of aromatic hydroxyl groups is 1. The summed E-state index contributed by atoms with van der Waals surface area (Å²) in [7, 11) is -3.64. The maximum Gasteiger partial charge on any atom is 0.261 e. The first kappa shape index (κ1) is 20.7. The van der Waals surface area contributed by atoms with E-state index in [-0.39, 0.29) is 10.6 Å². The number of fused-ring (bicyclic) bond motifs is 1. The quantitative estimate of drug-likeness (QED) is 0.545. The lowest BCUT2D eigenvalue weighted by Crippen LogP contribution is -2.27. The summed E-state index contributed by atoms with van der Waals surface area (Å²) in [5.41, 5.74) is 1.81. The number of nitrogens with zero attached hydrogens (tertiary/aromatic N) is 1. The van der Waals surface area contributed by atoms with Crippen molar-refractivity contribution in [1.82, 2.24) is 0 Å². The molecule has 0 aliphatic carbocycles. The minimum Gasteiger partial charge on any atom is -0.506 e. The number of phenols is 1. The van der Waals surface area contributed by atoms with Crippen LogP contribution in [0.4, 0.5) is 11.4 Å². The van der Waals surface area contributed by atoms with Gasteiger partial charge in [0.05, 0.1) is 16.1 Å². The number of nitrogens with one attached hydrogen (secondary N) is 1. The molecule has 158 valence electrons. The van der Waals surface area contributed by atoms with Gasteiger partial charge in [0, 0.05) is 17.5 Å². The Morgan fingerprint density at radius 2 is 1.71 bits per heavy atom. The van der Waals surface area contributed by atoms with Crippen LogP contribution in [0.5, 0.6) is 11.5 Å². The van der Waals surface area contributed by atoms with Crippen LogP contribution in [0.3, 0.4) is 0 Å². The van der Waals surface area contributed by atoms with Gasteiger partial charge in [0.2, 0.25) is 0 Å². The van der Waals surface area contributed by atoms with E-state index >= 15 is 0 Å².